The highest BCUT2D eigenvalue weighted by Crippen LogP contribution is 2.35. The normalized spacial score (nSPS) is 16.0. The summed E-state index contributed by atoms with van der Waals surface area (Å²) in [5, 5.41) is 7.09. The maximum atomic E-state index is 13.0. The number of fused-ring (bicyclic) bond motifs is 1. The van der Waals surface area contributed by atoms with Gasteiger partial charge in [-0.3, -0.25) is 9.59 Å². The van der Waals surface area contributed by atoms with Crippen LogP contribution in [0, 0.1) is 0 Å². The van der Waals surface area contributed by atoms with Crippen LogP contribution in [0.4, 0.5) is 5.82 Å². The Bertz CT molecular complexity index is 1510. The largest absolute Gasteiger partial charge is 0.457 e. The lowest BCUT2D eigenvalue weighted by atomic mass is 9.90. The molecule has 38 heavy (non-hydrogen) atoms. The lowest BCUT2D eigenvalue weighted by molar-refractivity contribution is -0.127. The molecule has 5 rings (SSSR count). The van der Waals surface area contributed by atoms with Crippen molar-refractivity contribution in [2.75, 3.05) is 39.5 Å². The molecule has 1 atom stereocenters. The zero-order chi connectivity index (χ0) is 26.6. The molecule has 9 nitrogen and oxygen atoms in total. The van der Waals surface area contributed by atoms with Crippen LogP contribution in [0.1, 0.15) is 24.3 Å². The number of nitrogens with two attached hydrogens (primary N) is 1. The summed E-state index contributed by atoms with van der Waals surface area (Å²) < 4.78 is 7.84. The number of benzene rings is 2. The first-order valence-corrected chi connectivity index (χ1v) is 12.7. The molecule has 0 spiro atoms. The van der Waals surface area contributed by atoms with E-state index in [2.05, 4.69) is 10.2 Å². The van der Waals surface area contributed by atoms with E-state index in [0.717, 1.165) is 29.8 Å². The van der Waals surface area contributed by atoms with Crippen molar-refractivity contribution in [3.63, 3.8) is 0 Å². The van der Waals surface area contributed by atoms with Crippen molar-refractivity contribution in [3.05, 3.63) is 88.9 Å². The average Bonchev–Trinajstić information content (AvgIpc) is 3.34. The first-order valence-electron chi connectivity index (χ1n) is 12.7. The third kappa shape index (κ3) is 5.33. The van der Waals surface area contributed by atoms with Crippen LogP contribution in [0.15, 0.2) is 77.7 Å². The highest BCUT2D eigenvalue weighted by molar-refractivity contribution is 5.92. The molecule has 2 aromatic carbocycles. The van der Waals surface area contributed by atoms with Gasteiger partial charge in [-0.05, 0) is 68.9 Å². The predicted molar refractivity (Wildman–Crippen MR) is 149 cm³/mol. The minimum absolute atomic E-state index is 0.00212. The number of ether oxygens (including phenoxy) is 1. The number of anilines is 1. The van der Waals surface area contributed by atoms with Crippen molar-refractivity contribution in [2.45, 2.75) is 18.8 Å². The zero-order valence-corrected chi connectivity index (χ0v) is 21.6. The van der Waals surface area contributed by atoms with Gasteiger partial charge in [0, 0.05) is 43.5 Å². The number of aromatic amines is 1. The van der Waals surface area contributed by atoms with E-state index < -0.39 is 0 Å². The van der Waals surface area contributed by atoms with Gasteiger partial charge in [-0.25, -0.2) is 5.10 Å². The molecule has 2 aromatic heterocycles. The Hall–Kier alpha value is -4.37. The number of carbonyl (C=O) groups excluding carboxylic acids is 1. The molecule has 1 aliphatic rings. The van der Waals surface area contributed by atoms with Gasteiger partial charge in [0.25, 0.3) is 5.56 Å². The van der Waals surface area contributed by atoms with Crippen LogP contribution < -0.4 is 16.0 Å². The minimum Gasteiger partial charge on any atom is -0.457 e. The maximum absolute atomic E-state index is 13.0. The molecule has 3 N–H and O–H groups in total. The van der Waals surface area contributed by atoms with Gasteiger partial charge in [0.15, 0.2) is 5.82 Å². The number of nitrogens with one attached hydrogen (secondary N) is 1. The summed E-state index contributed by atoms with van der Waals surface area (Å²) in [5.41, 5.74) is 8.26. The molecule has 1 saturated heterocycles. The van der Waals surface area contributed by atoms with E-state index in [1.165, 1.54) is 0 Å². The molecule has 1 amide bonds. The van der Waals surface area contributed by atoms with Gasteiger partial charge in [0.2, 0.25) is 5.91 Å². The number of piperidine rings is 1. The van der Waals surface area contributed by atoms with Gasteiger partial charge in [0.05, 0.1) is 5.39 Å². The number of hydrogen-bond acceptors (Lipinski definition) is 6. The van der Waals surface area contributed by atoms with Crippen molar-refractivity contribution in [1.82, 2.24) is 24.6 Å². The highest BCUT2D eigenvalue weighted by atomic mass is 16.5. The summed E-state index contributed by atoms with van der Waals surface area (Å²) in [6, 6.07) is 17.2. The van der Waals surface area contributed by atoms with Gasteiger partial charge in [-0.1, -0.05) is 24.3 Å². The number of hydrogen-bond donors (Lipinski definition) is 2. The molecule has 0 aliphatic carbocycles. The summed E-state index contributed by atoms with van der Waals surface area (Å²) in [6.07, 6.45) is 7.20. The molecular formula is C29H32N6O3. The fourth-order valence-electron chi connectivity index (χ4n) is 4.95. The standard InChI is InChI=1S/C29H32N6O3/c1-33(2)16-7-11-25(36)34-17-6-8-20(18-34)24-19-35(27-26(24)29(37)32-31-28(27)30)21-12-14-23(15-13-21)38-22-9-4-3-5-10-22/h3-5,7,9-15,19-20H,6,8,16-18H2,1-2H3,(H2,30,31)(H,32,37). The number of amides is 1. The first-order chi connectivity index (χ1) is 18.4. The Morgan fingerprint density at radius 2 is 1.89 bits per heavy atom. The van der Waals surface area contributed by atoms with E-state index in [9.17, 15) is 9.59 Å². The number of aromatic nitrogens is 3. The second-order valence-corrected chi connectivity index (χ2v) is 9.81. The Morgan fingerprint density at radius 1 is 1.16 bits per heavy atom. The molecule has 9 heteroatoms. The van der Waals surface area contributed by atoms with Crippen molar-refractivity contribution in [2.24, 2.45) is 0 Å². The van der Waals surface area contributed by atoms with Crippen LogP contribution in [0.3, 0.4) is 0 Å². The smallest absolute Gasteiger partial charge is 0.274 e. The van der Waals surface area contributed by atoms with Crippen molar-refractivity contribution in [1.29, 1.82) is 0 Å². The first kappa shape index (κ1) is 25.3. The molecule has 196 valence electrons. The highest BCUT2D eigenvalue weighted by Gasteiger charge is 2.28. The topological polar surface area (TPSA) is 109 Å². The third-order valence-electron chi connectivity index (χ3n) is 6.78. The van der Waals surface area contributed by atoms with Crippen molar-refractivity contribution in [3.8, 4) is 17.2 Å². The van der Waals surface area contributed by atoms with Gasteiger partial charge >= 0.3 is 0 Å². The number of para-hydroxylation sites is 1. The van der Waals surface area contributed by atoms with E-state index in [1.807, 2.05) is 95.3 Å². The summed E-state index contributed by atoms with van der Waals surface area (Å²) in [4.78, 5) is 29.7. The quantitative estimate of drug-likeness (QED) is 0.364. The molecular weight excluding hydrogens is 480 g/mol. The van der Waals surface area contributed by atoms with E-state index in [4.69, 9.17) is 10.5 Å². The lowest BCUT2D eigenvalue weighted by Crippen LogP contribution is -2.38. The van der Waals surface area contributed by atoms with Crippen molar-refractivity contribution < 1.29 is 9.53 Å². The van der Waals surface area contributed by atoms with Crippen molar-refractivity contribution >= 4 is 22.6 Å². The predicted octanol–water partition coefficient (Wildman–Crippen LogP) is 3.91. The van der Waals surface area contributed by atoms with Crippen LogP contribution in [-0.2, 0) is 4.79 Å². The molecule has 3 heterocycles. The van der Waals surface area contributed by atoms with Crippen LogP contribution in [-0.4, -0.2) is 64.2 Å². The number of likely N-dealkylation sites (tertiary alicyclic amines) is 1. The maximum Gasteiger partial charge on any atom is 0.274 e. The average molecular weight is 513 g/mol. The number of carbonyl (C=O) groups is 1. The number of rotatable bonds is 7. The Balaban J connectivity index is 1.46. The van der Waals surface area contributed by atoms with E-state index >= 15 is 0 Å². The SMILES string of the molecule is CN(C)CC=CC(=O)N1CCCC(c2cn(-c3ccc(Oc4ccccc4)cc3)c3c(N)n[nH]c(=O)c23)C1. The fraction of sp³-hybridized carbons (Fsp3) is 0.276. The summed E-state index contributed by atoms with van der Waals surface area (Å²) in [7, 11) is 3.92. The van der Waals surface area contributed by atoms with Crippen LogP contribution in [0.2, 0.25) is 0 Å². The molecule has 0 radical (unpaired) electrons. The number of nitrogens with zero attached hydrogens (tertiary/aromatic N) is 4. The number of nitrogen functional groups attached to an aromatic ring is 1. The monoisotopic (exact) mass is 512 g/mol. The Labute approximate surface area is 221 Å². The molecule has 1 unspecified atom stereocenters. The van der Waals surface area contributed by atoms with Gasteiger partial charge < -0.3 is 24.8 Å². The van der Waals surface area contributed by atoms with E-state index in [0.29, 0.717) is 36.3 Å². The van der Waals surface area contributed by atoms with Gasteiger partial charge in [-0.15, -0.1) is 0 Å². The Morgan fingerprint density at radius 3 is 2.63 bits per heavy atom. The molecule has 1 fully saturated rings. The third-order valence-corrected chi connectivity index (χ3v) is 6.78. The minimum atomic E-state index is -0.290. The number of H-pyrrole nitrogens is 1. The summed E-state index contributed by atoms with van der Waals surface area (Å²) in [6.45, 7) is 1.94. The van der Waals surface area contributed by atoms with Crippen LogP contribution in [0.25, 0.3) is 16.6 Å². The fourth-order valence-corrected chi connectivity index (χ4v) is 4.95. The van der Waals surface area contributed by atoms with Crippen LogP contribution >= 0.6 is 0 Å². The second kappa shape index (κ2) is 10.9. The lowest BCUT2D eigenvalue weighted by Gasteiger charge is -2.32. The van der Waals surface area contributed by atoms with Gasteiger partial charge in [-0.2, -0.15) is 5.10 Å². The van der Waals surface area contributed by atoms with Crippen LogP contribution in [0.5, 0.6) is 11.5 Å². The summed E-state index contributed by atoms with van der Waals surface area (Å²) >= 11 is 0. The van der Waals surface area contributed by atoms with E-state index in [1.54, 1.807) is 6.08 Å². The summed E-state index contributed by atoms with van der Waals surface area (Å²) in [5.74, 6) is 1.68. The molecule has 0 bridgehead atoms. The molecule has 1 aliphatic heterocycles. The zero-order valence-electron chi connectivity index (χ0n) is 21.6. The van der Waals surface area contributed by atoms with Gasteiger partial charge in [0.1, 0.15) is 17.0 Å². The van der Waals surface area contributed by atoms with E-state index in [-0.39, 0.29) is 23.2 Å². The second-order valence-electron chi connectivity index (χ2n) is 9.81. The molecule has 0 saturated carbocycles. The Kier molecular flexibility index (Phi) is 7.28. The number of likely N-dealkylation sites (N-methyl/N-ethyl adjacent to an activating group) is 1. The molecule has 4 aromatic rings.